The fourth-order valence-corrected chi connectivity index (χ4v) is 2.96. The summed E-state index contributed by atoms with van der Waals surface area (Å²) in [4.78, 5) is 4.61. The molecule has 0 atom stereocenters. The molecule has 1 heterocycles. The summed E-state index contributed by atoms with van der Waals surface area (Å²) in [6.45, 7) is 2.46. The third kappa shape index (κ3) is 2.55. The Morgan fingerprint density at radius 2 is 2.14 bits per heavy atom. The third-order valence-electron chi connectivity index (χ3n) is 4.12. The normalized spacial score (nSPS) is 14.0. The van der Waals surface area contributed by atoms with Crippen molar-refractivity contribution in [1.29, 1.82) is 5.41 Å². The zero-order valence-corrected chi connectivity index (χ0v) is 12.1. The summed E-state index contributed by atoms with van der Waals surface area (Å²) in [5, 5.41) is 7.35. The summed E-state index contributed by atoms with van der Waals surface area (Å²) in [6, 6.07) is 4.73. The minimum absolute atomic E-state index is 0.114. The van der Waals surface area contributed by atoms with Gasteiger partial charge in [-0.15, -0.1) is 0 Å². The number of nitrogen functional groups attached to an aromatic ring is 1. The van der Waals surface area contributed by atoms with Gasteiger partial charge < -0.3 is 10.3 Å². The minimum Gasteiger partial charge on any atom is -0.384 e. The molecule has 0 saturated carbocycles. The van der Waals surface area contributed by atoms with Gasteiger partial charge in [-0.25, -0.2) is 9.37 Å². The van der Waals surface area contributed by atoms with Gasteiger partial charge in [0.05, 0.1) is 12.2 Å². The quantitative estimate of drug-likeness (QED) is 0.672. The lowest BCUT2D eigenvalue weighted by Gasteiger charge is -2.15. The van der Waals surface area contributed by atoms with Crippen molar-refractivity contribution in [1.82, 2.24) is 9.55 Å². The molecule has 5 heteroatoms. The zero-order chi connectivity index (χ0) is 15.0. The highest BCUT2D eigenvalue weighted by Crippen LogP contribution is 2.23. The van der Waals surface area contributed by atoms with Crippen LogP contribution in [0.2, 0.25) is 0 Å². The number of imidazole rings is 1. The molecule has 1 aromatic carbocycles. The van der Waals surface area contributed by atoms with Crippen LogP contribution in [-0.4, -0.2) is 15.4 Å². The Morgan fingerprint density at radius 1 is 1.38 bits per heavy atom. The highest BCUT2D eigenvalue weighted by Gasteiger charge is 2.18. The number of aryl methyl sites for hydroxylation is 2. The first kappa shape index (κ1) is 13.8. The zero-order valence-electron chi connectivity index (χ0n) is 12.1. The van der Waals surface area contributed by atoms with E-state index in [2.05, 4.69) is 9.55 Å². The number of rotatable bonds is 3. The van der Waals surface area contributed by atoms with Gasteiger partial charge in [0.2, 0.25) is 0 Å². The number of benzene rings is 1. The molecule has 1 aliphatic carbocycles. The first-order chi connectivity index (χ1) is 10.1. The maximum atomic E-state index is 14.2. The van der Waals surface area contributed by atoms with E-state index in [1.165, 1.54) is 30.3 Å². The van der Waals surface area contributed by atoms with Crippen molar-refractivity contribution in [2.45, 2.75) is 39.2 Å². The molecule has 4 nitrogen and oxygen atoms in total. The Bertz CT molecular complexity index is 703. The SMILES string of the molecule is Cc1nc2c(n1Cc1ccc(C(=N)N)cc1F)CCCC2. The van der Waals surface area contributed by atoms with Crippen LogP contribution in [0.25, 0.3) is 0 Å². The van der Waals surface area contributed by atoms with Gasteiger partial charge in [0.25, 0.3) is 0 Å². The Hall–Kier alpha value is -2.17. The van der Waals surface area contributed by atoms with Gasteiger partial charge in [0.1, 0.15) is 17.5 Å². The number of hydrogen-bond acceptors (Lipinski definition) is 2. The first-order valence-corrected chi connectivity index (χ1v) is 7.24. The van der Waals surface area contributed by atoms with Crippen LogP contribution in [0.4, 0.5) is 4.39 Å². The van der Waals surface area contributed by atoms with Crippen LogP contribution in [-0.2, 0) is 19.4 Å². The summed E-state index contributed by atoms with van der Waals surface area (Å²) in [6.07, 6.45) is 4.40. The van der Waals surface area contributed by atoms with E-state index < -0.39 is 0 Å². The standard InChI is InChI=1S/C16H19FN4/c1-10-20-14-4-2-3-5-15(14)21(10)9-12-7-6-11(16(18)19)8-13(12)17/h6-8H,2-5,9H2,1H3,(H3,18,19). The van der Waals surface area contributed by atoms with E-state index in [0.29, 0.717) is 17.7 Å². The summed E-state index contributed by atoms with van der Waals surface area (Å²) in [5.74, 6) is 0.508. The van der Waals surface area contributed by atoms with E-state index in [0.717, 1.165) is 18.7 Å². The average Bonchev–Trinajstić information content (AvgIpc) is 2.77. The van der Waals surface area contributed by atoms with Gasteiger partial charge in [-0.2, -0.15) is 0 Å². The van der Waals surface area contributed by atoms with Gasteiger partial charge in [-0.1, -0.05) is 12.1 Å². The number of aromatic nitrogens is 2. The van der Waals surface area contributed by atoms with Crippen LogP contribution >= 0.6 is 0 Å². The predicted molar refractivity (Wildman–Crippen MR) is 80.1 cm³/mol. The summed E-state index contributed by atoms with van der Waals surface area (Å²) in [5.41, 5.74) is 8.82. The van der Waals surface area contributed by atoms with Crippen LogP contribution in [0.5, 0.6) is 0 Å². The second-order valence-corrected chi connectivity index (χ2v) is 5.57. The molecule has 0 radical (unpaired) electrons. The molecule has 0 unspecified atom stereocenters. The number of hydrogen-bond donors (Lipinski definition) is 2. The van der Waals surface area contributed by atoms with E-state index in [4.69, 9.17) is 11.1 Å². The Kier molecular flexibility index (Phi) is 3.49. The first-order valence-electron chi connectivity index (χ1n) is 7.24. The molecular weight excluding hydrogens is 267 g/mol. The molecular formula is C16H19FN4. The van der Waals surface area contributed by atoms with E-state index >= 15 is 0 Å². The molecule has 3 N–H and O–H groups in total. The Balaban J connectivity index is 1.94. The largest absolute Gasteiger partial charge is 0.384 e. The Morgan fingerprint density at radius 3 is 2.86 bits per heavy atom. The molecule has 1 aromatic heterocycles. The van der Waals surface area contributed by atoms with E-state index in [1.807, 2.05) is 6.92 Å². The van der Waals surface area contributed by atoms with E-state index in [-0.39, 0.29) is 11.7 Å². The van der Waals surface area contributed by atoms with Crippen molar-refractivity contribution < 1.29 is 4.39 Å². The fraction of sp³-hybridized carbons (Fsp3) is 0.375. The maximum Gasteiger partial charge on any atom is 0.128 e. The van der Waals surface area contributed by atoms with Gasteiger partial charge in [0.15, 0.2) is 0 Å². The number of nitrogens with two attached hydrogens (primary N) is 1. The molecule has 0 saturated heterocycles. The topological polar surface area (TPSA) is 67.7 Å². The van der Waals surface area contributed by atoms with Crippen LogP contribution in [0.3, 0.4) is 0 Å². The van der Waals surface area contributed by atoms with Crippen LogP contribution in [0.15, 0.2) is 18.2 Å². The molecule has 0 bridgehead atoms. The van der Waals surface area contributed by atoms with Gasteiger partial charge in [0, 0.05) is 16.8 Å². The van der Waals surface area contributed by atoms with Crippen molar-refractivity contribution in [3.8, 4) is 0 Å². The number of nitrogens with zero attached hydrogens (tertiary/aromatic N) is 2. The molecule has 110 valence electrons. The van der Waals surface area contributed by atoms with Gasteiger partial charge in [-0.05, 0) is 38.7 Å². The van der Waals surface area contributed by atoms with Crippen molar-refractivity contribution in [2.24, 2.45) is 5.73 Å². The highest BCUT2D eigenvalue weighted by molar-refractivity contribution is 5.94. The second-order valence-electron chi connectivity index (χ2n) is 5.57. The molecule has 0 spiro atoms. The number of nitrogens with one attached hydrogen (secondary N) is 1. The van der Waals surface area contributed by atoms with Crippen molar-refractivity contribution in [3.05, 3.63) is 52.4 Å². The lowest BCUT2D eigenvalue weighted by Crippen LogP contribution is -2.13. The lowest BCUT2D eigenvalue weighted by atomic mass is 10.0. The molecule has 21 heavy (non-hydrogen) atoms. The predicted octanol–water partition coefficient (Wildman–Crippen LogP) is 2.54. The van der Waals surface area contributed by atoms with Gasteiger partial charge in [-0.3, -0.25) is 5.41 Å². The third-order valence-corrected chi connectivity index (χ3v) is 4.12. The smallest absolute Gasteiger partial charge is 0.128 e. The Labute approximate surface area is 123 Å². The van der Waals surface area contributed by atoms with Gasteiger partial charge >= 0.3 is 0 Å². The average molecular weight is 286 g/mol. The molecule has 3 rings (SSSR count). The molecule has 2 aromatic rings. The highest BCUT2D eigenvalue weighted by atomic mass is 19.1. The van der Waals surface area contributed by atoms with Crippen LogP contribution in [0, 0.1) is 18.2 Å². The summed E-state index contributed by atoms with van der Waals surface area (Å²) >= 11 is 0. The number of fused-ring (bicyclic) bond motifs is 1. The van der Waals surface area contributed by atoms with Crippen LogP contribution in [0.1, 0.15) is 41.2 Å². The van der Waals surface area contributed by atoms with Crippen LogP contribution < -0.4 is 5.73 Å². The fourth-order valence-electron chi connectivity index (χ4n) is 2.96. The lowest BCUT2D eigenvalue weighted by molar-refractivity contribution is 0.581. The van der Waals surface area contributed by atoms with E-state index in [9.17, 15) is 4.39 Å². The second kappa shape index (κ2) is 5.31. The van der Waals surface area contributed by atoms with E-state index in [1.54, 1.807) is 12.1 Å². The molecule has 1 aliphatic rings. The van der Waals surface area contributed by atoms with Crippen molar-refractivity contribution >= 4 is 5.84 Å². The monoisotopic (exact) mass is 286 g/mol. The molecule has 0 amide bonds. The van der Waals surface area contributed by atoms with Crippen molar-refractivity contribution in [2.75, 3.05) is 0 Å². The number of amidine groups is 1. The summed E-state index contributed by atoms with van der Waals surface area (Å²) < 4.78 is 16.3. The minimum atomic E-state index is -0.319. The van der Waals surface area contributed by atoms with Crippen molar-refractivity contribution in [3.63, 3.8) is 0 Å². The summed E-state index contributed by atoms with van der Waals surface area (Å²) in [7, 11) is 0. The molecule has 0 fully saturated rings. The maximum absolute atomic E-state index is 14.2. The number of halogens is 1. The molecule has 0 aliphatic heterocycles.